The predicted molar refractivity (Wildman–Crippen MR) is 308 cm³/mol. The van der Waals surface area contributed by atoms with Crippen LogP contribution in [0.4, 0.5) is 0 Å². The molecule has 0 aromatic rings. The molecule has 0 aliphatic carbocycles. The average molecular weight is 955 g/mol. The van der Waals surface area contributed by atoms with E-state index in [4.69, 9.17) is 0 Å². The maximum absolute atomic E-state index is 12.5. The zero-order valence-electron chi connectivity index (χ0n) is 45.3. The SMILES string of the molecule is CC/C=C\C/C=C\C/C=C\C/C=C\C/C=C\C/C=C\C/C=C\C/C=C\C/C=C\CCCCCC(=O)NC(CO)C(O)/C=C/CCCCCCCCCCCCCCCCCCCCCCCCCC. The number of nitrogens with one attached hydrogen (secondary N) is 1. The van der Waals surface area contributed by atoms with Crippen molar-refractivity contribution in [1.82, 2.24) is 5.32 Å². The van der Waals surface area contributed by atoms with Crippen molar-refractivity contribution in [2.24, 2.45) is 0 Å². The van der Waals surface area contributed by atoms with Crippen LogP contribution in [0.2, 0.25) is 0 Å². The van der Waals surface area contributed by atoms with E-state index in [1.54, 1.807) is 6.08 Å². The molecule has 3 N–H and O–H groups in total. The third kappa shape index (κ3) is 55.6. The lowest BCUT2D eigenvalue weighted by Gasteiger charge is -2.19. The van der Waals surface area contributed by atoms with E-state index >= 15 is 0 Å². The Morgan fingerprint density at radius 1 is 0.362 bits per heavy atom. The van der Waals surface area contributed by atoms with Crippen LogP contribution in [-0.2, 0) is 4.79 Å². The van der Waals surface area contributed by atoms with E-state index in [9.17, 15) is 15.0 Å². The van der Waals surface area contributed by atoms with Crippen molar-refractivity contribution in [3.05, 3.63) is 122 Å². The van der Waals surface area contributed by atoms with Crippen molar-refractivity contribution >= 4 is 5.91 Å². The molecule has 0 aromatic carbocycles. The highest BCUT2D eigenvalue weighted by Crippen LogP contribution is 2.16. The topological polar surface area (TPSA) is 69.6 Å². The predicted octanol–water partition coefficient (Wildman–Crippen LogP) is 19.6. The van der Waals surface area contributed by atoms with Gasteiger partial charge in [0.15, 0.2) is 0 Å². The molecule has 0 saturated heterocycles. The first kappa shape index (κ1) is 65.8. The normalized spacial score (nSPS) is 13.7. The molecule has 0 aromatic heterocycles. The highest BCUT2D eigenvalue weighted by atomic mass is 16.3. The van der Waals surface area contributed by atoms with E-state index < -0.39 is 12.1 Å². The summed E-state index contributed by atoms with van der Waals surface area (Å²) in [5.74, 6) is -0.0985. The van der Waals surface area contributed by atoms with Gasteiger partial charge in [-0.3, -0.25) is 4.79 Å². The van der Waals surface area contributed by atoms with Gasteiger partial charge in [0.2, 0.25) is 5.91 Å². The molecule has 0 rings (SSSR count). The Balaban J connectivity index is 3.65. The van der Waals surface area contributed by atoms with E-state index in [2.05, 4.69) is 129 Å². The highest BCUT2D eigenvalue weighted by molar-refractivity contribution is 5.76. The van der Waals surface area contributed by atoms with E-state index in [-0.39, 0.29) is 12.5 Å². The van der Waals surface area contributed by atoms with Gasteiger partial charge in [-0.2, -0.15) is 0 Å². The van der Waals surface area contributed by atoms with Crippen molar-refractivity contribution < 1.29 is 15.0 Å². The number of unbranched alkanes of at least 4 members (excludes halogenated alkanes) is 27. The van der Waals surface area contributed by atoms with Gasteiger partial charge in [0.25, 0.3) is 0 Å². The molecule has 0 fully saturated rings. The van der Waals surface area contributed by atoms with Gasteiger partial charge >= 0.3 is 0 Å². The molecule has 2 unspecified atom stereocenters. The highest BCUT2D eigenvalue weighted by Gasteiger charge is 2.18. The minimum absolute atomic E-state index is 0.0985. The van der Waals surface area contributed by atoms with Crippen LogP contribution in [0.5, 0.6) is 0 Å². The average Bonchev–Trinajstić information content (AvgIpc) is 3.35. The Morgan fingerprint density at radius 3 is 0.957 bits per heavy atom. The van der Waals surface area contributed by atoms with Gasteiger partial charge in [-0.1, -0.05) is 289 Å². The minimum atomic E-state index is -0.864. The van der Waals surface area contributed by atoms with Crippen molar-refractivity contribution in [3.63, 3.8) is 0 Å². The Bertz CT molecular complexity index is 1360. The summed E-state index contributed by atoms with van der Waals surface area (Å²) in [6.07, 6.45) is 90.7. The number of aliphatic hydroxyl groups is 2. The van der Waals surface area contributed by atoms with E-state index in [1.165, 1.54) is 148 Å². The monoisotopic (exact) mass is 954 g/mol. The molecule has 0 aliphatic heterocycles. The quantitative estimate of drug-likeness (QED) is 0.0420. The summed E-state index contributed by atoms with van der Waals surface area (Å²) in [6.45, 7) is 4.19. The molecule has 69 heavy (non-hydrogen) atoms. The molecular formula is C65H111NO3. The molecule has 2 atom stereocenters. The van der Waals surface area contributed by atoms with Gasteiger partial charge in [-0.25, -0.2) is 0 Å². The van der Waals surface area contributed by atoms with Crippen LogP contribution in [0.1, 0.15) is 264 Å². The molecule has 1 amide bonds. The second-order valence-electron chi connectivity index (χ2n) is 19.3. The lowest BCUT2D eigenvalue weighted by Crippen LogP contribution is -2.45. The van der Waals surface area contributed by atoms with Crippen LogP contribution in [0.3, 0.4) is 0 Å². The van der Waals surface area contributed by atoms with Gasteiger partial charge in [0.05, 0.1) is 18.8 Å². The smallest absolute Gasteiger partial charge is 0.220 e. The van der Waals surface area contributed by atoms with E-state index in [0.29, 0.717) is 6.42 Å². The fourth-order valence-corrected chi connectivity index (χ4v) is 8.29. The maximum atomic E-state index is 12.5. The molecule has 4 nitrogen and oxygen atoms in total. The number of hydrogen-bond acceptors (Lipinski definition) is 3. The molecule has 0 saturated carbocycles. The first-order valence-electron chi connectivity index (χ1n) is 29.2. The molecule has 0 heterocycles. The summed E-state index contributed by atoms with van der Waals surface area (Å²) in [6, 6.07) is -0.651. The number of aliphatic hydroxyl groups excluding tert-OH is 2. The van der Waals surface area contributed by atoms with Gasteiger partial charge < -0.3 is 15.5 Å². The molecule has 0 spiro atoms. The maximum Gasteiger partial charge on any atom is 0.220 e. The molecule has 394 valence electrons. The summed E-state index contributed by atoms with van der Waals surface area (Å²) in [5, 5.41) is 23.2. The van der Waals surface area contributed by atoms with Crippen LogP contribution >= 0.6 is 0 Å². The van der Waals surface area contributed by atoms with Crippen molar-refractivity contribution in [2.75, 3.05) is 6.61 Å². The van der Waals surface area contributed by atoms with Gasteiger partial charge in [0.1, 0.15) is 0 Å². The lowest BCUT2D eigenvalue weighted by molar-refractivity contribution is -0.123. The number of carbonyl (C=O) groups is 1. The van der Waals surface area contributed by atoms with Crippen LogP contribution in [0, 0.1) is 0 Å². The second-order valence-corrected chi connectivity index (χ2v) is 19.3. The molecule has 0 bridgehead atoms. The number of allylic oxidation sites excluding steroid dienone is 19. The van der Waals surface area contributed by atoms with Crippen LogP contribution in [0.25, 0.3) is 0 Å². The molecular weight excluding hydrogens is 843 g/mol. The third-order valence-corrected chi connectivity index (χ3v) is 12.7. The molecule has 0 aliphatic rings. The number of carbonyl (C=O) groups excluding carboxylic acids is 1. The zero-order valence-corrected chi connectivity index (χ0v) is 45.3. The van der Waals surface area contributed by atoms with E-state index in [1.807, 2.05) is 6.08 Å². The minimum Gasteiger partial charge on any atom is -0.394 e. The first-order valence-corrected chi connectivity index (χ1v) is 29.2. The third-order valence-electron chi connectivity index (χ3n) is 12.7. The van der Waals surface area contributed by atoms with E-state index in [0.717, 1.165) is 96.3 Å². The number of hydrogen-bond donors (Lipinski definition) is 3. The molecule has 4 heteroatoms. The van der Waals surface area contributed by atoms with Gasteiger partial charge in [-0.05, 0) is 89.9 Å². The van der Waals surface area contributed by atoms with Crippen LogP contribution in [0.15, 0.2) is 122 Å². The Morgan fingerprint density at radius 2 is 0.638 bits per heavy atom. The fourth-order valence-electron chi connectivity index (χ4n) is 8.29. The standard InChI is InChI=1S/C65H111NO3/c1-3-5-7-9-11-13-15-17-19-21-23-25-27-29-31-32-33-34-35-37-39-41-43-45-47-49-51-53-55-57-59-61-65(69)66-63(62-67)64(68)60-58-56-54-52-50-48-46-44-42-40-38-36-30-28-26-24-22-20-18-16-14-12-10-8-6-4-2/h5,7,11,13,17,19,23,25,29,31,33-34,37,39,43,45,49,51,58,60,63-64,67-68H,3-4,6,8-10,12,14-16,18,20-22,24,26-28,30,32,35-36,38,40-42,44,46-48,50,52-57,59,61-62H2,1-2H3,(H,66,69)/b7-5-,13-11-,19-17-,25-23-,31-29-,34-33-,39-37-,45-43-,51-49-,60-58+. The zero-order chi connectivity index (χ0) is 49.9. The number of rotatable bonds is 52. The summed E-state index contributed by atoms with van der Waals surface area (Å²) in [5.41, 5.74) is 0. The largest absolute Gasteiger partial charge is 0.394 e. The Kier molecular flexibility index (Phi) is 56.4. The van der Waals surface area contributed by atoms with Crippen LogP contribution < -0.4 is 5.32 Å². The van der Waals surface area contributed by atoms with Gasteiger partial charge in [-0.15, -0.1) is 0 Å². The second kappa shape index (κ2) is 59.1. The van der Waals surface area contributed by atoms with Crippen molar-refractivity contribution in [2.45, 2.75) is 276 Å². The first-order chi connectivity index (χ1) is 34.2. The Labute approximate surface area is 428 Å². The summed E-state index contributed by atoms with van der Waals surface area (Å²) in [4.78, 5) is 12.5. The molecule has 0 radical (unpaired) electrons. The summed E-state index contributed by atoms with van der Waals surface area (Å²) in [7, 11) is 0. The lowest BCUT2D eigenvalue weighted by atomic mass is 10.0. The number of amides is 1. The van der Waals surface area contributed by atoms with Crippen molar-refractivity contribution in [1.29, 1.82) is 0 Å². The van der Waals surface area contributed by atoms with Crippen molar-refractivity contribution in [3.8, 4) is 0 Å². The fraction of sp³-hybridized carbons (Fsp3) is 0.677. The summed E-state index contributed by atoms with van der Waals surface area (Å²) >= 11 is 0. The van der Waals surface area contributed by atoms with Gasteiger partial charge in [0, 0.05) is 6.42 Å². The Hall–Kier alpha value is -3.21. The summed E-state index contributed by atoms with van der Waals surface area (Å²) < 4.78 is 0. The van der Waals surface area contributed by atoms with Crippen LogP contribution in [-0.4, -0.2) is 34.9 Å².